The number of para-hydroxylation sites is 1. The Morgan fingerprint density at radius 3 is 2.48 bits per heavy atom. The predicted molar refractivity (Wildman–Crippen MR) is 107 cm³/mol. The van der Waals surface area contributed by atoms with Crippen LogP contribution in [0, 0.1) is 6.92 Å². The molecule has 3 aromatic carbocycles. The zero-order chi connectivity index (χ0) is 19.1. The summed E-state index contributed by atoms with van der Waals surface area (Å²) in [4.78, 5) is 10.9. The highest BCUT2D eigenvalue weighted by molar-refractivity contribution is 5.88. The first-order valence-electron chi connectivity index (χ1n) is 8.52. The summed E-state index contributed by atoms with van der Waals surface area (Å²) in [7, 11) is 0. The van der Waals surface area contributed by atoms with E-state index in [9.17, 15) is 4.79 Å². The number of carbonyl (C=O) groups is 1. The minimum atomic E-state index is -0.954. The van der Waals surface area contributed by atoms with E-state index >= 15 is 0 Å². The first-order chi connectivity index (χ1) is 13.1. The summed E-state index contributed by atoms with van der Waals surface area (Å²) < 4.78 is 5.96. The molecule has 0 spiro atoms. The summed E-state index contributed by atoms with van der Waals surface area (Å²) in [5.74, 6) is -0.211. The molecule has 5 heteroatoms. The first-order valence-corrected chi connectivity index (χ1v) is 8.52. The molecule has 0 unspecified atom stereocenters. The molecule has 3 aromatic rings. The SMILES string of the molecule is Cc1ccccc1COc1ccccc1/C=N/Nc1ccc(C(=O)O)cc1. The maximum atomic E-state index is 10.9. The van der Waals surface area contributed by atoms with Crippen LogP contribution in [0.2, 0.25) is 0 Å². The maximum Gasteiger partial charge on any atom is 0.335 e. The highest BCUT2D eigenvalue weighted by Crippen LogP contribution is 2.19. The molecule has 0 atom stereocenters. The summed E-state index contributed by atoms with van der Waals surface area (Å²) >= 11 is 0. The molecular weight excluding hydrogens is 340 g/mol. The molecule has 0 aliphatic heterocycles. The Kier molecular flexibility index (Phi) is 5.84. The lowest BCUT2D eigenvalue weighted by atomic mass is 10.1. The summed E-state index contributed by atoms with van der Waals surface area (Å²) in [5.41, 5.74) is 7.01. The van der Waals surface area contributed by atoms with Gasteiger partial charge in [0.25, 0.3) is 0 Å². The summed E-state index contributed by atoms with van der Waals surface area (Å²) in [5, 5.41) is 13.1. The van der Waals surface area contributed by atoms with E-state index in [4.69, 9.17) is 9.84 Å². The maximum absolute atomic E-state index is 10.9. The molecule has 0 aliphatic rings. The summed E-state index contributed by atoms with van der Waals surface area (Å²) in [6.45, 7) is 2.55. The van der Waals surface area contributed by atoms with Crippen molar-refractivity contribution >= 4 is 17.9 Å². The average molecular weight is 360 g/mol. The van der Waals surface area contributed by atoms with Gasteiger partial charge < -0.3 is 9.84 Å². The van der Waals surface area contributed by atoms with Gasteiger partial charge in [-0.05, 0) is 54.4 Å². The van der Waals surface area contributed by atoms with Crippen LogP contribution in [0.1, 0.15) is 27.0 Å². The average Bonchev–Trinajstić information content (AvgIpc) is 2.69. The molecule has 27 heavy (non-hydrogen) atoms. The molecule has 2 N–H and O–H groups in total. The number of aryl methyl sites for hydroxylation is 1. The second-order valence-corrected chi connectivity index (χ2v) is 6.01. The molecular formula is C22H20N2O3. The molecule has 0 saturated heterocycles. The van der Waals surface area contributed by atoms with Gasteiger partial charge in [0, 0.05) is 5.56 Å². The highest BCUT2D eigenvalue weighted by Gasteiger charge is 2.04. The van der Waals surface area contributed by atoms with Crippen LogP contribution < -0.4 is 10.2 Å². The van der Waals surface area contributed by atoms with Crippen LogP contribution in [0.25, 0.3) is 0 Å². The fraction of sp³-hybridized carbons (Fsp3) is 0.0909. The van der Waals surface area contributed by atoms with Crippen molar-refractivity contribution in [2.24, 2.45) is 5.10 Å². The van der Waals surface area contributed by atoms with Crippen LogP contribution in [-0.2, 0) is 6.61 Å². The van der Waals surface area contributed by atoms with Crippen molar-refractivity contribution in [3.8, 4) is 5.75 Å². The Labute approximate surface area is 157 Å². The molecule has 0 radical (unpaired) electrons. The minimum absolute atomic E-state index is 0.236. The van der Waals surface area contributed by atoms with Gasteiger partial charge in [-0.2, -0.15) is 5.10 Å². The van der Waals surface area contributed by atoms with E-state index in [0.29, 0.717) is 12.3 Å². The van der Waals surface area contributed by atoms with Crippen LogP contribution in [0.3, 0.4) is 0 Å². The van der Waals surface area contributed by atoms with Crippen LogP contribution in [0.15, 0.2) is 77.9 Å². The van der Waals surface area contributed by atoms with Crippen molar-refractivity contribution in [2.75, 3.05) is 5.43 Å². The number of carboxylic acids is 1. The Hall–Kier alpha value is -3.60. The van der Waals surface area contributed by atoms with E-state index in [1.165, 1.54) is 17.7 Å². The molecule has 5 nitrogen and oxygen atoms in total. The molecule has 0 aliphatic carbocycles. The topological polar surface area (TPSA) is 70.9 Å². The minimum Gasteiger partial charge on any atom is -0.488 e. The van der Waals surface area contributed by atoms with Crippen molar-refractivity contribution < 1.29 is 14.6 Å². The number of aromatic carboxylic acids is 1. The van der Waals surface area contributed by atoms with E-state index in [2.05, 4.69) is 23.5 Å². The smallest absolute Gasteiger partial charge is 0.335 e. The fourth-order valence-electron chi connectivity index (χ4n) is 2.51. The number of nitrogens with one attached hydrogen (secondary N) is 1. The number of hydrogen-bond donors (Lipinski definition) is 2. The second kappa shape index (κ2) is 8.67. The quantitative estimate of drug-likeness (QED) is 0.472. The Morgan fingerprint density at radius 1 is 1.04 bits per heavy atom. The Bertz CT molecular complexity index is 950. The van der Waals surface area contributed by atoms with Crippen molar-refractivity contribution in [3.05, 3.63) is 95.1 Å². The third kappa shape index (κ3) is 4.95. The van der Waals surface area contributed by atoms with Gasteiger partial charge in [-0.3, -0.25) is 5.43 Å². The molecule has 0 saturated carbocycles. The lowest BCUT2D eigenvalue weighted by Gasteiger charge is -2.10. The lowest BCUT2D eigenvalue weighted by molar-refractivity contribution is 0.0697. The first kappa shape index (κ1) is 18.2. The molecule has 0 bridgehead atoms. The normalized spacial score (nSPS) is 10.7. The van der Waals surface area contributed by atoms with Crippen molar-refractivity contribution in [3.63, 3.8) is 0 Å². The third-order valence-corrected chi connectivity index (χ3v) is 4.09. The standard InChI is InChI=1S/C22H20N2O3/c1-16-6-2-3-8-19(16)15-27-21-9-5-4-7-18(21)14-23-24-20-12-10-17(11-13-20)22(25)26/h2-14,24H,15H2,1H3,(H,25,26)/b23-14+. The van der Waals surface area contributed by atoms with Gasteiger partial charge in [-0.15, -0.1) is 0 Å². The number of carboxylic acid groups (broad SMARTS) is 1. The number of benzene rings is 3. The highest BCUT2D eigenvalue weighted by atomic mass is 16.5. The monoisotopic (exact) mass is 360 g/mol. The third-order valence-electron chi connectivity index (χ3n) is 4.09. The molecule has 0 aromatic heterocycles. The predicted octanol–water partition coefficient (Wildman–Crippen LogP) is 4.72. The fourth-order valence-corrected chi connectivity index (χ4v) is 2.51. The van der Waals surface area contributed by atoms with Crippen LogP contribution in [-0.4, -0.2) is 17.3 Å². The van der Waals surface area contributed by atoms with Crippen LogP contribution in [0.5, 0.6) is 5.75 Å². The Morgan fingerprint density at radius 2 is 1.74 bits per heavy atom. The molecule has 3 rings (SSSR count). The van der Waals surface area contributed by atoms with E-state index in [1.54, 1.807) is 18.3 Å². The van der Waals surface area contributed by atoms with E-state index in [0.717, 1.165) is 16.9 Å². The number of anilines is 1. The van der Waals surface area contributed by atoms with Gasteiger partial charge in [-0.1, -0.05) is 36.4 Å². The molecule has 0 heterocycles. The number of hydrazone groups is 1. The van der Waals surface area contributed by atoms with Gasteiger partial charge >= 0.3 is 5.97 Å². The molecule has 136 valence electrons. The molecule has 0 amide bonds. The number of hydrogen-bond acceptors (Lipinski definition) is 4. The largest absolute Gasteiger partial charge is 0.488 e. The van der Waals surface area contributed by atoms with Gasteiger partial charge in [-0.25, -0.2) is 4.79 Å². The second-order valence-electron chi connectivity index (χ2n) is 6.01. The van der Waals surface area contributed by atoms with Crippen molar-refractivity contribution in [1.82, 2.24) is 0 Å². The lowest BCUT2D eigenvalue weighted by Crippen LogP contribution is -2.00. The van der Waals surface area contributed by atoms with Gasteiger partial charge in [0.05, 0.1) is 17.5 Å². The number of nitrogens with zero attached hydrogens (tertiary/aromatic N) is 1. The van der Waals surface area contributed by atoms with Gasteiger partial charge in [0.15, 0.2) is 0 Å². The Balaban J connectivity index is 1.65. The zero-order valence-corrected chi connectivity index (χ0v) is 14.9. The van der Waals surface area contributed by atoms with E-state index in [-0.39, 0.29) is 5.56 Å². The summed E-state index contributed by atoms with van der Waals surface area (Å²) in [6.07, 6.45) is 1.68. The van der Waals surface area contributed by atoms with Gasteiger partial charge in [0.2, 0.25) is 0 Å². The van der Waals surface area contributed by atoms with E-state index in [1.807, 2.05) is 42.5 Å². The van der Waals surface area contributed by atoms with Crippen LogP contribution >= 0.6 is 0 Å². The van der Waals surface area contributed by atoms with E-state index < -0.39 is 5.97 Å². The molecule has 0 fully saturated rings. The van der Waals surface area contributed by atoms with Crippen molar-refractivity contribution in [1.29, 1.82) is 0 Å². The summed E-state index contributed by atoms with van der Waals surface area (Å²) in [6, 6.07) is 22.2. The number of ether oxygens (including phenoxy) is 1. The van der Waals surface area contributed by atoms with Crippen LogP contribution in [0.4, 0.5) is 5.69 Å². The zero-order valence-electron chi connectivity index (χ0n) is 14.9. The number of rotatable bonds is 7. The van der Waals surface area contributed by atoms with Crippen molar-refractivity contribution in [2.45, 2.75) is 13.5 Å². The van der Waals surface area contributed by atoms with Gasteiger partial charge in [0.1, 0.15) is 12.4 Å².